The van der Waals surface area contributed by atoms with Crippen molar-refractivity contribution in [2.45, 2.75) is 38.1 Å². The molecule has 0 saturated carbocycles. The summed E-state index contributed by atoms with van der Waals surface area (Å²) in [5, 5.41) is 9.15. The van der Waals surface area contributed by atoms with Crippen LogP contribution in [0.15, 0.2) is 18.2 Å². The zero-order valence-corrected chi connectivity index (χ0v) is 12.5. The van der Waals surface area contributed by atoms with E-state index in [-0.39, 0.29) is 17.9 Å². The van der Waals surface area contributed by atoms with Crippen LogP contribution in [0, 0.1) is 0 Å². The molecule has 1 spiro atoms. The van der Waals surface area contributed by atoms with Crippen LogP contribution in [0.5, 0.6) is 0 Å². The summed E-state index contributed by atoms with van der Waals surface area (Å²) in [4.78, 5) is 24.6. The molecule has 5 nitrogen and oxygen atoms in total. The van der Waals surface area contributed by atoms with Gasteiger partial charge in [0.15, 0.2) is 0 Å². The highest BCUT2D eigenvalue weighted by atomic mass is 16.2. The highest BCUT2D eigenvalue weighted by molar-refractivity contribution is 6.07. The third-order valence-corrected chi connectivity index (χ3v) is 4.36. The molecule has 5 heteroatoms. The van der Waals surface area contributed by atoms with Gasteiger partial charge in [-0.1, -0.05) is 0 Å². The molecule has 2 aliphatic heterocycles. The third-order valence-electron chi connectivity index (χ3n) is 4.36. The van der Waals surface area contributed by atoms with Gasteiger partial charge in [-0.05, 0) is 63.5 Å². The zero-order valence-electron chi connectivity index (χ0n) is 12.5. The first-order chi connectivity index (χ1) is 10.0. The molecule has 0 aromatic heterocycles. The molecule has 2 heterocycles. The molecular formula is C16H21N3O2. The molecule has 0 unspecified atom stereocenters. The standard InChI is InChI=1S/C16H21N3O2/c1-10(2)18-14(20)11-3-4-13-12(9-11)16(15(21)19-13)5-7-17-8-6-16/h3-4,9-10,17H,5-8H2,1-2H3,(H,18,20)(H,19,21). The molecule has 2 aliphatic rings. The van der Waals surface area contributed by atoms with Crippen LogP contribution >= 0.6 is 0 Å². The van der Waals surface area contributed by atoms with E-state index in [2.05, 4.69) is 16.0 Å². The maximum atomic E-state index is 12.4. The van der Waals surface area contributed by atoms with Gasteiger partial charge in [0, 0.05) is 17.3 Å². The SMILES string of the molecule is CC(C)NC(=O)c1ccc2c(c1)C1(CCNCC1)C(=O)N2. The Hall–Kier alpha value is -1.88. The molecule has 3 N–H and O–H groups in total. The molecule has 1 aromatic carbocycles. The Bertz CT molecular complexity index is 589. The van der Waals surface area contributed by atoms with Crippen LogP contribution in [0.3, 0.4) is 0 Å². The Kier molecular flexibility index (Phi) is 3.45. The van der Waals surface area contributed by atoms with Gasteiger partial charge in [0.05, 0.1) is 5.41 Å². The van der Waals surface area contributed by atoms with Crippen molar-refractivity contribution in [1.82, 2.24) is 10.6 Å². The predicted molar refractivity (Wildman–Crippen MR) is 81.5 cm³/mol. The molecule has 0 radical (unpaired) electrons. The Labute approximate surface area is 124 Å². The molecule has 112 valence electrons. The van der Waals surface area contributed by atoms with Crippen molar-refractivity contribution in [3.63, 3.8) is 0 Å². The fourth-order valence-corrected chi connectivity index (χ4v) is 3.25. The lowest BCUT2D eigenvalue weighted by Crippen LogP contribution is -2.44. The second kappa shape index (κ2) is 5.15. The van der Waals surface area contributed by atoms with Gasteiger partial charge >= 0.3 is 0 Å². The topological polar surface area (TPSA) is 70.2 Å². The molecule has 0 bridgehead atoms. The molecule has 3 rings (SSSR count). The molecule has 21 heavy (non-hydrogen) atoms. The van der Waals surface area contributed by atoms with Crippen LogP contribution in [-0.2, 0) is 10.2 Å². The fraction of sp³-hybridized carbons (Fsp3) is 0.500. The number of piperidine rings is 1. The van der Waals surface area contributed by atoms with E-state index in [1.807, 2.05) is 26.0 Å². The first kappa shape index (κ1) is 14.1. The first-order valence-electron chi connectivity index (χ1n) is 7.50. The summed E-state index contributed by atoms with van der Waals surface area (Å²) >= 11 is 0. The Morgan fingerprint density at radius 2 is 2.00 bits per heavy atom. The van der Waals surface area contributed by atoms with Crippen LogP contribution in [0.2, 0.25) is 0 Å². The smallest absolute Gasteiger partial charge is 0.251 e. The van der Waals surface area contributed by atoms with E-state index in [1.165, 1.54) is 0 Å². The van der Waals surface area contributed by atoms with Gasteiger partial charge in [-0.2, -0.15) is 0 Å². The van der Waals surface area contributed by atoms with E-state index in [0.29, 0.717) is 5.56 Å². The summed E-state index contributed by atoms with van der Waals surface area (Å²) in [6.45, 7) is 5.53. The lowest BCUT2D eigenvalue weighted by molar-refractivity contribution is -0.121. The second-order valence-electron chi connectivity index (χ2n) is 6.17. The van der Waals surface area contributed by atoms with E-state index in [1.54, 1.807) is 6.07 Å². The van der Waals surface area contributed by atoms with Gasteiger partial charge in [0.25, 0.3) is 5.91 Å². The minimum atomic E-state index is -0.464. The summed E-state index contributed by atoms with van der Waals surface area (Å²) in [6, 6.07) is 5.60. The normalized spacial score (nSPS) is 19.5. The lowest BCUT2D eigenvalue weighted by atomic mass is 9.74. The highest BCUT2D eigenvalue weighted by Gasteiger charge is 2.47. The van der Waals surface area contributed by atoms with Gasteiger partial charge in [0.2, 0.25) is 5.91 Å². The van der Waals surface area contributed by atoms with E-state index < -0.39 is 5.41 Å². The summed E-state index contributed by atoms with van der Waals surface area (Å²) in [7, 11) is 0. The number of hydrogen-bond donors (Lipinski definition) is 3. The molecular weight excluding hydrogens is 266 g/mol. The Balaban J connectivity index is 1.98. The van der Waals surface area contributed by atoms with Gasteiger partial charge in [-0.15, -0.1) is 0 Å². The summed E-state index contributed by atoms with van der Waals surface area (Å²) in [6.07, 6.45) is 1.56. The Morgan fingerprint density at radius 3 is 2.67 bits per heavy atom. The lowest BCUT2D eigenvalue weighted by Gasteiger charge is -2.32. The minimum Gasteiger partial charge on any atom is -0.350 e. The monoisotopic (exact) mass is 287 g/mol. The van der Waals surface area contributed by atoms with E-state index in [0.717, 1.165) is 37.2 Å². The van der Waals surface area contributed by atoms with Crippen molar-refractivity contribution >= 4 is 17.5 Å². The molecule has 1 aromatic rings. The number of carbonyl (C=O) groups is 2. The van der Waals surface area contributed by atoms with Gasteiger partial charge in [-0.25, -0.2) is 0 Å². The van der Waals surface area contributed by atoms with Crippen LogP contribution in [0.4, 0.5) is 5.69 Å². The zero-order chi connectivity index (χ0) is 15.0. The third kappa shape index (κ3) is 2.31. The number of benzene rings is 1. The van der Waals surface area contributed by atoms with Crippen molar-refractivity contribution < 1.29 is 9.59 Å². The number of rotatable bonds is 2. The molecule has 0 atom stereocenters. The van der Waals surface area contributed by atoms with E-state index >= 15 is 0 Å². The average Bonchev–Trinajstić information content (AvgIpc) is 2.71. The number of carbonyl (C=O) groups excluding carboxylic acids is 2. The number of anilines is 1. The Morgan fingerprint density at radius 1 is 1.29 bits per heavy atom. The molecule has 2 amide bonds. The quantitative estimate of drug-likeness (QED) is 0.770. The predicted octanol–water partition coefficient (Wildman–Crippen LogP) is 1.40. The molecule has 0 aliphatic carbocycles. The highest BCUT2D eigenvalue weighted by Crippen LogP contribution is 2.44. The van der Waals surface area contributed by atoms with E-state index in [9.17, 15) is 9.59 Å². The summed E-state index contributed by atoms with van der Waals surface area (Å²) < 4.78 is 0. The fourth-order valence-electron chi connectivity index (χ4n) is 3.25. The number of fused-ring (bicyclic) bond motifs is 2. The van der Waals surface area contributed by atoms with Gasteiger partial charge in [-0.3, -0.25) is 9.59 Å². The second-order valence-corrected chi connectivity index (χ2v) is 6.17. The van der Waals surface area contributed by atoms with Crippen molar-refractivity contribution in [2.75, 3.05) is 18.4 Å². The summed E-state index contributed by atoms with van der Waals surface area (Å²) in [5.74, 6) is -0.0170. The largest absolute Gasteiger partial charge is 0.350 e. The minimum absolute atomic E-state index is 0.0698. The average molecular weight is 287 g/mol. The number of nitrogens with one attached hydrogen (secondary N) is 3. The van der Waals surface area contributed by atoms with Gasteiger partial charge in [0.1, 0.15) is 0 Å². The van der Waals surface area contributed by atoms with Crippen molar-refractivity contribution in [1.29, 1.82) is 0 Å². The maximum Gasteiger partial charge on any atom is 0.251 e. The van der Waals surface area contributed by atoms with Crippen LogP contribution in [0.25, 0.3) is 0 Å². The van der Waals surface area contributed by atoms with Crippen molar-refractivity contribution in [3.05, 3.63) is 29.3 Å². The first-order valence-corrected chi connectivity index (χ1v) is 7.50. The molecule has 1 fully saturated rings. The van der Waals surface area contributed by atoms with Crippen molar-refractivity contribution in [3.8, 4) is 0 Å². The summed E-state index contributed by atoms with van der Waals surface area (Å²) in [5.41, 5.74) is 1.99. The van der Waals surface area contributed by atoms with Crippen LogP contribution < -0.4 is 16.0 Å². The van der Waals surface area contributed by atoms with Crippen LogP contribution in [-0.4, -0.2) is 30.9 Å². The molecule has 1 saturated heterocycles. The van der Waals surface area contributed by atoms with Crippen LogP contribution in [0.1, 0.15) is 42.6 Å². The number of hydrogen-bond acceptors (Lipinski definition) is 3. The van der Waals surface area contributed by atoms with Gasteiger partial charge < -0.3 is 16.0 Å². The maximum absolute atomic E-state index is 12.4. The van der Waals surface area contributed by atoms with Crippen molar-refractivity contribution in [2.24, 2.45) is 0 Å². The number of amides is 2. The van der Waals surface area contributed by atoms with E-state index in [4.69, 9.17) is 0 Å².